The van der Waals surface area contributed by atoms with E-state index < -0.39 is 30.0 Å². The van der Waals surface area contributed by atoms with E-state index in [2.05, 4.69) is 26.1 Å². The lowest BCUT2D eigenvalue weighted by molar-refractivity contribution is -0.197. The van der Waals surface area contributed by atoms with Crippen LogP contribution in [0.1, 0.15) is 117 Å². The van der Waals surface area contributed by atoms with Crippen LogP contribution in [0.2, 0.25) is 0 Å². The van der Waals surface area contributed by atoms with Crippen LogP contribution in [0, 0.1) is 5.92 Å². The molecule has 0 aromatic rings. The molecule has 1 rings (SSSR count). The normalized spacial score (nSPS) is 13.8. The van der Waals surface area contributed by atoms with Gasteiger partial charge in [0.15, 0.2) is 6.10 Å². The highest BCUT2D eigenvalue weighted by atomic mass is 16.7. The van der Waals surface area contributed by atoms with Gasteiger partial charge in [0.2, 0.25) is 0 Å². The van der Waals surface area contributed by atoms with Gasteiger partial charge >= 0.3 is 12.1 Å². The van der Waals surface area contributed by atoms with Crippen molar-refractivity contribution in [2.24, 2.45) is 5.92 Å². The fourth-order valence-electron chi connectivity index (χ4n) is 5.77. The lowest BCUT2D eigenvalue weighted by atomic mass is 10.0. The zero-order chi connectivity index (χ0) is 45.7. The van der Waals surface area contributed by atoms with Crippen LogP contribution >= 0.6 is 0 Å². The monoisotopic (exact) mass is 909 g/mol. The van der Waals surface area contributed by atoms with Gasteiger partial charge in [-0.15, -0.1) is 5.06 Å². The number of amides is 3. The van der Waals surface area contributed by atoms with Gasteiger partial charge in [0.1, 0.15) is 0 Å². The lowest BCUT2D eigenvalue weighted by Crippen LogP contribution is -2.35. The minimum absolute atomic E-state index is 0.0422. The maximum absolute atomic E-state index is 12.6. The Hall–Kier alpha value is -2.52. The molecule has 1 aliphatic rings. The van der Waals surface area contributed by atoms with Crippen LogP contribution in [0.25, 0.3) is 0 Å². The SMILES string of the molecule is CCCCCCCOCCOCCOCCOCCOCC(COCCOCCOCCOCCOCCCCC(C)CC)OC(=O)NCCCCCC(=O)ON1C(=O)CCC1=O. The second kappa shape index (κ2) is 44.7. The topological polar surface area (TPSA) is 194 Å². The average Bonchev–Trinajstić information content (AvgIpc) is 3.59. The average molecular weight is 909 g/mol. The van der Waals surface area contributed by atoms with E-state index in [-0.39, 0.29) is 45.7 Å². The van der Waals surface area contributed by atoms with E-state index in [1.807, 2.05) is 0 Å². The first kappa shape index (κ1) is 58.5. The second-order valence-corrected chi connectivity index (χ2v) is 15.3. The Morgan fingerprint density at radius 1 is 0.524 bits per heavy atom. The fourth-order valence-corrected chi connectivity index (χ4v) is 5.77. The van der Waals surface area contributed by atoms with Gasteiger partial charge in [-0.25, -0.2) is 9.59 Å². The number of carbonyl (C=O) groups is 4. The van der Waals surface area contributed by atoms with E-state index in [1.165, 1.54) is 44.9 Å². The molecule has 0 saturated carbocycles. The Kier molecular flexibility index (Phi) is 41.5. The van der Waals surface area contributed by atoms with Crippen molar-refractivity contribution >= 4 is 23.9 Å². The summed E-state index contributed by atoms with van der Waals surface area (Å²) in [4.78, 5) is 52.6. The number of hydrogen-bond acceptors (Lipinski definition) is 16. The first-order valence-electron chi connectivity index (χ1n) is 23.7. The fraction of sp³-hybridized carbons (Fsp3) is 0.911. The van der Waals surface area contributed by atoms with Gasteiger partial charge in [-0.05, 0) is 31.6 Å². The van der Waals surface area contributed by atoms with Gasteiger partial charge in [0.05, 0.1) is 119 Å². The summed E-state index contributed by atoms with van der Waals surface area (Å²) in [5.41, 5.74) is 0. The summed E-state index contributed by atoms with van der Waals surface area (Å²) < 4.78 is 61.6. The van der Waals surface area contributed by atoms with Crippen molar-refractivity contribution in [1.82, 2.24) is 10.4 Å². The molecule has 63 heavy (non-hydrogen) atoms. The lowest BCUT2D eigenvalue weighted by Gasteiger charge is -2.19. The van der Waals surface area contributed by atoms with Crippen molar-refractivity contribution in [3.63, 3.8) is 0 Å². The molecule has 18 heteroatoms. The first-order valence-corrected chi connectivity index (χ1v) is 23.7. The zero-order valence-corrected chi connectivity index (χ0v) is 39.1. The van der Waals surface area contributed by atoms with Crippen LogP contribution in [0.15, 0.2) is 0 Å². The molecule has 1 N–H and O–H groups in total. The summed E-state index contributed by atoms with van der Waals surface area (Å²) in [6.07, 6.45) is 11.3. The molecule has 1 saturated heterocycles. The Balaban J connectivity index is 2.17. The van der Waals surface area contributed by atoms with Gasteiger partial charge in [-0.3, -0.25) is 9.59 Å². The highest BCUT2D eigenvalue weighted by Crippen LogP contribution is 2.14. The smallest absolute Gasteiger partial charge is 0.407 e. The number of carbonyl (C=O) groups excluding carboxylic acids is 4. The maximum Gasteiger partial charge on any atom is 0.407 e. The Labute approximate surface area is 377 Å². The van der Waals surface area contributed by atoms with Crippen LogP contribution in [0.4, 0.5) is 4.79 Å². The highest BCUT2D eigenvalue weighted by Gasteiger charge is 2.32. The zero-order valence-electron chi connectivity index (χ0n) is 39.1. The number of hydroxylamine groups is 2. The van der Waals surface area contributed by atoms with Crippen LogP contribution in [0.3, 0.4) is 0 Å². The number of unbranched alkanes of at least 4 members (excludes halogenated alkanes) is 7. The van der Waals surface area contributed by atoms with E-state index in [0.717, 1.165) is 32.0 Å². The molecule has 0 aromatic carbocycles. The maximum atomic E-state index is 12.6. The minimum Gasteiger partial charge on any atom is -0.441 e. The molecule has 370 valence electrons. The predicted molar refractivity (Wildman–Crippen MR) is 234 cm³/mol. The summed E-state index contributed by atoms with van der Waals surface area (Å²) >= 11 is 0. The molecule has 3 amide bonds. The van der Waals surface area contributed by atoms with Gasteiger partial charge in [0, 0.05) is 39.0 Å². The molecule has 0 aromatic heterocycles. The van der Waals surface area contributed by atoms with Gasteiger partial charge < -0.3 is 62.3 Å². The third kappa shape index (κ3) is 38.5. The largest absolute Gasteiger partial charge is 0.441 e. The van der Waals surface area contributed by atoms with Crippen LogP contribution in [-0.2, 0) is 71.3 Å². The molecule has 0 radical (unpaired) electrons. The summed E-state index contributed by atoms with van der Waals surface area (Å²) in [5, 5.41) is 3.24. The van der Waals surface area contributed by atoms with Gasteiger partial charge in [0.25, 0.3) is 11.8 Å². The highest BCUT2D eigenvalue weighted by molar-refractivity contribution is 6.01. The quantitative estimate of drug-likeness (QED) is 0.0585. The third-order valence-corrected chi connectivity index (χ3v) is 9.71. The van der Waals surface area contributed by atoms with Crippen molar-refractivity contribution in [2.45, 2.75) is 123 Å². The van der Waals surface area contributed by atoms with E-state index >= 15 is 0 Å². The van der Waals surface area contributed by atoms with E-state index in [1.54, 1.807) is 0 Å². The molecular weight excluding hydrogens is 824 g/mol. The van der Waals surface area contributed by atoms with E-state index in [9.17, 15) is 19.2 Å². The number of nitrogens with one attached hydrogen (secondary N) is 1. The predicted octanol–water partition coefficient (Wildman–Crippen LogP) is 5.60. The Morgan fingerprint density at radius 2 is 0.937 bits per heavy atom. The van der Waals surface area contributed by atoms with Crippen LogP contribution in [0.5, 0.6) is 0 Å². The van der Waals surface area contributed by atoms with Gasteiger partial charge in [-0.1, -0.05) is 72.1 Å². The molecule has 0 aliphatic carbocycles. The van der Waals surface area contributed by atoms with Gasteiger partial charge in [-0.2, -0.15) is 0 Å². The summed E-state index contributed by atoms with van der Waals surface area (Å²) in [5.74, 6) is -0.895. The molecular formula is C45H84N2O16. The van der Waals surface area contributed by atoms with E-state index in [0.29, 0.717) is 123 Å². The second-order valence-electron chi connectivity index (χ2n) is 15.3. The molecule has 2 unspecified atom stereocenters. The molecule has 0 spiro atoms. The molecule has 1 fully saturated rings. The van der Waals surface area contributed by atoms with Crippen LogP contribution < -0.4 is 5.32 Å². The Morgan fingerprint density at radius 3 is 1.40 bits per heavy atom. The molecule has 18 nitrogen and oxygen atoms in total. The molecule has 0 bridgehead atoms. The van der Waals surface area contributed by atoms with Crippen molar-refractivity contribution in [3.8, 4) is 0 Å². The minimum atomic E-state index is -0.682. The summed E-state index contributed by atoms with van der Waals surface area (Å²) in [7, 11) is 0. The number of alkyl carbamates (subject to hydrolysis) is 1. The molecule has 1 aliphatic heterocycles. The van der Waals surface area contributed by atoms with Crippen molar-refractivity contribution in [3.05, 3.63) is 0 Å². The number of hydrogen-bond donors (Lipinski definition) is 1. The van der Waals surface area contributed by atoms with Crippen molar-refractivity contribution < 1.29 is 76.1 Å². The number of rotatable bonds is 48. The summed E-state index contributed by atoms with van der Waals surface area (Å²) in [6, 6.07) is 0. The van der Waals surface area contributed by atoms with Crippen LogP contribution in [-0.4, -0.2) is 174 Å². The van der Waals surface area contributed by atoms with E-state index in [4.69, 9.17) is 56.9 Å². The van der Waals surface area contributed by atoms with Crippen molar-refractivity contribution in [1.29, 1.82) is 0 Å². The first-order chi connectivity index (χ1) is 30.9. The number of ether oxygens (including phenoxy) is 11. The third-order valence-electron chi connectivity index (χ3n) is 9.71. The standard InChI is InChI=1S/C45H84N2O16/c1-4-6-7-8-13-20-52-22-24-54-26-28-56-30-32-58-34-36-60-38-41(62-45(51)46-19-12-9-10-16-44(50)63-47-42(48)17-18-43(47)49)39-61-37-35-59-33-31-57-29-27-55-25-23-53-21-14-11-15-40(3)5-2/h40-41H,4-39H2,1-3H3,(H,46,51). The molecule has 1 heterocycles. The number of imide groups is 1. The molecule has 2 atom stereocenters. The Bertz CT molecular complexity index is 1070. The van der Waals surface area contributed by atoms with Crippen molar-refractivity contribution in [2.75, 3.05) is 139 Å². The number of nitrogens with zero attached hydrogens (tertiary/aromatic N) is 1. The summed E-state index contributed by atoms with van der Waals surface area (Å²) in [6.45, 7) is 15.9.